The van der Waals surface area contributed by atoms with Crippen LogP contribution in [0.3, 0.4) is 0 Å². The van der Waals surface area contributed by atoms with Crippen LogP contribution in [0, 0.1) is 0 Å². The van der Waals surface area contributed by atoms with Crippen LogP contribution in [0.25, 0.3) is 0 Å². The van der Waals surface area contributed by atoms with Crippen molar-refractivity contribution in [3.05, 3.63) is 28.7 Å². The van der Waals surface area contributed by atoms with E-state index in [1.807, 2.05) is 0 Å². The van der Waals surface area contributed by atoms with E-state index >= 15 is 0 Å². The molecule has 0 spiro atoms. The number of carbonyl (C=O) groups is 2. The second-order valence-electron chi connectivity index (χ2n) is 3.98. The minimum Gasteiger partial charge on any atom is -0.481 e. The number of aliphatic hydroxyl groups excluding tert-OH is 1. The molecule has 1 rings (SSSR count). The van der Waals surface area contributed by atoms with Gasteiger partial charge in [0.25, 0.3) is 5.91 Å². The fraction of sp³-hybridized carbons (Fsp3) is 0.385. The van der Waals surface area contributed by atoms with Gasteiger partial charge in [-0.1, -0.05) is 15.9 Å². The summed E-state index contributed by atoms with van der Waals surface area (Å²) in [5, 5.41) is 11.4. The predicted octanol–water partition coefficient (Wildman–Crippen LogP) is 0.867. The molecule has 0 heterocycles. The molecule has 0 aromatic heterocycles. The van der Waals surface area contributed by atoms with Crippen molar-refractivity contribution < 1.29 is 24.2 Å². The number of methoxy groups -OCH3 is 1. The number of esters is 1. The van der Waals surface area contributed by atoms with E-state index in [4.69, 9.17) is 9.84 Å². The van der Waals surface area contributed by atoms with Crippen molar-refractivity contribution in [3.8, 4) is 5.75 Å². The van der Waals surface area contributed by atoms with Crippen LogP contribution in [-0.4, -0.2) is 42.8 Å². The second-order valence-corrected chi connectivity index (χ2v) is 4.90. The number of carbonyl (C=O) groups excluding carboxylic acids is 2. The van der Waals surface area contributed by atoms with Gasteiger partial charge in [0.15, 0.2) is 12.1 Å². The van der Waals surface area contributed by atoms with Gasteiger partial charge >= 0.3 is 5.97 Å². The Morgan fingerprint density at radius 1 is 1.35 bits per heavy atom. The summed E-state index contributed by atoms with van der Waals surface area (Å²) in [4.78, 5) is 23.1. The summed E-state index contributed by atoms with van der Waals surface area (Å²) in [5.41, 5.74) is 0. The number of rotatable bonds is 6. The number of amides is 1. The zero-order chi connectivity index (χ0) is 15.1. The van der Waals surface area contributed by atoms with Crippen molar-refractivity contribution in [1.29, 1.82) is 0 Å². The molecule has 1 aromatic rings. The molecule has 0 bridgehead atoms. The van der Waals surface area contributed by atoms with E-state index in [9.17, 15) is 9.59 Å². The zero-order valence-corrected chi connectivity index (χ0v) is 12.7. The van der Waals surface area contributed by atoms with Gasteiger partial charge in [0.2, 0.25) is 0 Å². The van der Waals surface area contributed by atoms with Gasteiger partial charge < -0.3 is 19.9 Å². The summed E-state index contributed by atoms with van der Waals surface area (Å²) in [7, 11) is 1.18. The number of benzene rings is 1. The molecule has 7 heteroatoms. The van der Waals surface area contributed by atoms with Gasteiger partial charge in [0.1, 0.15) is 5.75 Å². The zero-order valence-electron chi connectivity index (χ0n) is 11.1. The Hall–Kier alpha value is -1.60. The SMILES string of the molecule is COC(=O)C(CO)NC(=O)C(C)Oc1ccc(Br)cc1. The van der Waals surface area contributed by atoms with Crippen LogP contribution in [0.4, 0.5) is 0 Å². The van der Waals surface area contributed by atoms with Crippen LogP contribution < -0.4 is 10.1 Å². The molecule has 1 aromatic carbocycles. The molecule has 0 saturated heterocycles. The predicted molar refractivity (Wildman–Crippen MR) is 75.3 cm³/mol. The summed E-state index contributed by atoms with van der Waals surface area (Å²) < 4.78 is 10.8. The van der Waals surface area contributed by atoms with Gasteiger partial charge in [-0.25, -0.2) is 4.79 Å². The first-order valence-electron chi connectivity index (χ1n) is 5.89. The number of halogens is 1. The third-order valence-electron chi connectivity index (χ3n) is 2.48. The van der Waals surface area contributed by atoms with E-state index in [2.05, 4.69) is 26.0 Å². The first-order valence-corrected chi connectivity index (χ1v) is 6.68. The Bertz CT molecular complexity index is 462. The van der Waals surface area contributed by atoms with E-state index in [1.165, 1.54) is 7.11 Å². The first-order chi connectivity index (χ1) is 9.47. The Kier molecular flexibility index (Phi) is 6.47. The number of hydrogen-bond donors (Lipinski definition) is 2. The third kappa shape index (κ3) is 4.82. The van der Waals surface area contributed by atoms with E-state index in [0.29, 0.717) is 5.75 Å². The molecule has 6 nitrogen and oxygen atoms in total. The number of hydrogen-bond acceptors (Lipinski definition) is 5. The van der Waals surface area contributed by atoms with Crippen molar-refractivity contribution in [2.45, 2.75) is 19.1 Å². The van der Waals surface area contributed by atoms with Gasteiger partial charge in [0, 0.05) is 4.47 Å². The Balaban J connectivity index is 2.58. The van der Waals surface area contributed by atoms with Crippen molar-refractivity contribution >= 4 is 27.8 Å². The number of aliphatic hydroxyl groups is 1. The summed E-state index contributed by atoms with van der Waals surface area (Å²) in [6.45, 7) is 1.01. The van der Waals surface area contributed by atoms with Gasteiger partial charge in [-0.15, -0.1) is 0 Å². The Morgan fingerprint density at radius 3 is 2.45 bits per heavy atom. The lowest BCUT2D eigenvalue weighted by Crippen LogP contribution is -2.48. The molecule has 0 aliphatic rings. The fourth-order valence-electron chi connectivity index (χ4n) is 1.38. The number of ether oxygens (including phenoxy) is 2. The number of nitrogens with one attached hydrogen (secondary N) is 1. The summed E-state index contributed by atoms with van der Waals surface area (Å²) in [6.07, 6.45) is -0.810. The largest absolute Gasteiger partial charge is 0.481 e. The van der Waals surface area contributed by atoms with Crippen LogP contribution in [0.2, 0.25) is 0 Å². The maximum atomic E-state index is 11.8. The molecule has 1 amide bonds. The molecular weight excluding hydrogens is 330 g/mol. The molecule has 0 radical (unpaired) electrons. The summed E-state index contributed by atoms with van der Waals surface area (Å²) >= 11 is 3.29. The van der Waals surface area contributed by atoms with Crippen LogP contribution in [0.15, 0.2) is 28.7 Å². The summed E-state index contributed by atoms with van der Waals surface area (Å²) in [6, 6.07) is 5.88. The second kappa shape index (κ2) is 7.86. The minimum atomic E-state index is -1.09. The van der Waals surface area contributed by atoms with E-state index in [0.717, 1.165) is 4.47 Å². The van der Waals surface area contributed by atoms with E-state index in [1.54, 1.807) is 31.2 Å². The van der Waals surface area contributed by atoms with Gasteiger partial charge in [-0.05, 0) is 31.2 Å². The molecule has 20 heavy (non-hydrogen) atoms. The minimum absolute atomic E-state index is 0.516. The van der Waals surface area contributed by atoms with Gasteiger partial charge in [0.05, 0.1) is 13.7 Å². The molecular formula is C13H16BrNO5. The Labute approximate surface area is 125 Å². The van der Waals surface area contributed by atoms with Crippen molar-refractivity contribution in [2.75, 3.05) is 13.7 Å². The maximum absolute atomic E-state index is 11.8. The molecule has 0 aliphatic carbocycles. The molecule has 0 aliphatic heterocycles. The van der Waals surface area contributed by atoms with Crippen LogP contribution in [-0.2, 0) is 14.3 Å². The summed E-state index contributed by atoms with van der Waals surface area (Å²) in [5.74, 6) is -0.705. The molecule has 0 fully saturated rings. The monoisotopic (exact) mass is 345 g/mol. The lowest BCUT2D eigenvalue weighted by atomic mass is 10.2. The topological polar surface area (TPSA) is 84.9 Å². The Morgan fingerprint density at radius 2 is 1.95 bits per heavy atom. The average molecular weight is 346 g/mol. The molecule has 2 atom stereocenters. The lowest BCUT2D eigenvalue weighted by Gasteiger charge is -2.18. The van der Waals surface area contributed by atoms with Crippen LogP contribution in [0.1, 0.15) is 6.92 Å². The van der Waals surface area contributed by atoms with Crippen molar-refractivity contribution in [3.63, 3.8) is 0 Å². The highest BCUT2D eigenvalue weighted by Gasteiger charge is 2.24. The van der Waals surface area contributed by atoms with Crippen molar-refractivity contribution in [1.82, 2.24) is 5.32 Å². The highest BCUT2D eigenvalue weighted by molar-refractivity contribution is 9.10. The fourth-order valence-corrected chi connectivity index (χ4v) is 1.65. The molecule has 0 saturated carbocycles. The maximum Gasteiger partial charge on any atom is 0.330 e. The van der Waals surface area contributed by atoms with Crippen molar-refractivity contribution in [2.24, 2.45) is 0 Å². The van der Waals surface area contributed by atoms with E-state index < -0.39 is 30.6 Å². The third-order valence-corrected chi connectivity index (χ3v) is 3.01. The standard InChI is InChI=1S/C13H16BrNO5/c1-8(20-10-5-3-9(14)4-6-10)12(17)15-11(7-16)13(18)19-2/h3-6,8,11,16H,7H2,1-2H3,(H,15,17). The smallest absolute Gasteiger partial charge is 0.330 e. The normalized spacial score (nSPS) is 13.2. The van der Waals surface area contributed by atoms with Gasteiger partial charge in [-0.3, -0.25) is 4.79 Å². The van der Waals surface area contributed by atoms with Crippen LogP contribution >= 0.6 is 15.9 Å². The quantitative estimate of drug-likeness (QED) is 0.747. The van der Waals surface area contributed by atoms with Gasteiger partial charge in [-0.2, -0.15) is 0 Å². The molecule has 2 unspecified atom stereocenters. The average Bonchev–Trinajstić information content (AvgIpc) is 2.45. The first kappa shape index (κ1) is 16.5. The highest BCUT2D eigenvalue weighted by Crippen LogP contribution is 2.17. The van der Waals surface area contributed by atoms with Crippen LogP contribution in [0.5, 0.6) is 5.75 Å². The highest BCUT2D eigenvalue weighted by atomic mass is 79.9. The van der Waals surface area contributed by atoms with E-state index in [-0.39, 0.29) is 0 Å². The lowest BCUT2D eigenvalue weighted by molar-refractivity contribution is -0.147. The molecule has 110 valence electrons. The molecule has 2 N–H and O–H groups in total.